The van der Waals surface area contributed by atoms with Crippen LogP contribution in [-0.4, -0.2) is 58.3 Å². The quantitative estimate of drug-likeness (QED) is 0.447. The number of anilines is 1. The third-order valence-electron chi connectivity index (χ3n) is 8.16. The molecule has 222 valence electrons. The van der Waals surface area contributed by atoms with Gasteiger partial charge in [-0.25, -0.2) is 9.67 Å². The van der Waals surface area contributed by atoms with Gasteiger partial charge in [0.05, 0.1) is 22.5 Å². The van der Waals surface area contributed by atoms with Gasteiger partial charge in [0.1, 0.15) is 5.82 Å². The van der Waals surface area contributed by atoms with E-state index in [0.29, 0.717) is 40.3 Å². The van der Waals surface area contributed by atoms with Crippen molar-refractivity contribution < 1.29 is 22.7 Å². The molecule has 41 heavy (non-hydrogen) atoms. The van der Waals surface area contributed by atoms with Crippen LogP contribution < -0.4 is 20.1 Å². The molecule has 13 heteroatoms. The van der Waals surface area contributed by atoms with Gasteiger partial charge in [-0.05, 0) is 89.3 Å². The summed E-state index contributed by atoms with van der Waals surface area (Å²) in [6, 6.07) is 5.02. The molecule has 2 aromatic heterocycles. The van der Waals surface area contributed by atoms with Gasteiger partial charge in [0, 0.05) is 42.8 Å². The molecule has 2 bridgehead atoms. The van der Waals surface area contributed by atoms with Crippen molar-refractivity contribution in [3.63, 3.8) is 0 Å². The average molecular weight is 592 g/mol. The molecule has 5 rings (SSSR count). The number of amides is 1. The molecule has 3 N–H and O–H groups in total. The van der Waals surface area contributed by atoms with Crippen LogP contribution in [0.3, 0.4) is 0 Å². The van der Waals surface area contributed by atoms with E-state index in [4.69, 9.17) is 15.5 Å². The van der Waals surface area contributed by atoms with E-state index in [1.54, 1.807) is 37.5 Å². The average Bonchev–Trinajstić information content (AvgIpc) is 3.45. The monoisotopic (exact) mass is 591 g/mol. The first kappa shape index (κ1) is 29.3. The number of pyridine rings is 1. The molecule has 1 unspecified atom stereocenters. The molecular weight excluding hydrogens is 555 g/mol. The van der Waals surface area contributed by atoms with Crippen LogP contribution in [0.5, 0.6) is 5.88 Å². The Hall–Kier alpha value is -3.22. The summed E-state index contributed by atoms with van der Waals surface area (Å²) in [5.74, 6) is 1.35. The lowest BCUT2D eigenvalue weighted by atomic mass is 9.93. The molecule has 2 aliphatic heterocycles. The maximum Gasteiger partial charge on any atom is 0.394 e. The van der Waals surface area contributed by atoms with Gasteiger partial charge in [-0.3, -0.25) is 14.5 Å². The summed E-state index contributed by atoms with van der Waals surface area (Å²) in [4.78, 5) is 25.7. The van der Waals surface area contributed by atoms with Crippen molar-refractivity contribution in [2.75, 3.05) is 24.6 Å². The zero-order valence-electron chi connectivity index (χ0n) is 23.5. The number of carbonyl (C=O) groups excluding carboxylic acids is 1. The zero-order valence-corrected chi connectivity index (χ0v) is 24.3. The molecule has 2 aromatic rings. The van der Waals surface area contributed by atoms with Gasteiger partial charge in [-0.2, -0.15) is 13.2 Å². The molecule has 2 fully saturated rings. The van der Waals surface area contributed by atoms with Gasteiger partial charge in [-0.15, -0.1) is 5.10 Å². The third-order valence-corrected chi connectivity index (χ3v) is 9.09. The molecule has 1 aliphatic carbocycles. The smallest absolute Gasteiger partial charge is 0.394 e. The molecule has 1 atom stereocenters. The summed E-state index contributed by atoms with van der Waals surface area (Å²) in [6.45, 7) is 7.44. The number of aliphatic imine (C=N–C) groups is 1. The van der Waals surface area contributed by atoms with Crippen molar-refractivity contribution >= 4 is 29.9 Å². The number of allylic oxidation sites excluding steroid dienone is 2. The molecule has 1 saturated heterocycles. The first-order valence-corrected chi connectivity index (χ1v) is 14.7. The van der Waals surface area contributed by atoms with Crippen molar-refractivity contribution in [2.45, 2.75) is 71.0 Å². The fraction of sp³-hybridized carbons (Fsp3) is 0.571. The highest BCUT2D eigenvalue weighted by Crippen LogP contribution is 2.59. The minimum atomic E-state index is -4.21. The van der Waals surface area contributed by atoms with Crippen LogP contribution in [0, 0.1) is 11.3 Å². The van der Waals surface area contributed by atoms with E-state index in [1.165, 1.54) is 4.68 Å². The number of halogens is 3. The Labute approximate surface area is 241 Å². The number of carbonyl (C=O) groups is 1. The van der Waals surface area contributed by atoms with Crippen LogP contribution in [0.25, 0.3) is 5.82 Å². The SMILES string of the molecule is C/C(N)=C1/C=NCCCC2CN(c3nc(-n4ccc(OCCC5(C(F)(F)F)CC5)n4)ccc3C(=O)NS1)C(C)(C)C2. The second kappa shape index (κ2) is 11.2. The van der Waals surface area contributed by atoms with Crippen molar-refractivity contribution in [2.24, 2.45) is 22.1 Å². The minimum absolute atomic E-state index is 0.0707. The van der Waals surface area contributed by atoms with E-state index in [1.807, 2.05) is 0 Å². The van der Waals surface area contributed by atoms with Crippen LogP contribution >= 0.6 is 11.9 Å². The molecular formula is C28H36F3N7O2S. The lowest BCUT2D eigenvalue weighted by Gasteiger charge is -2.34. The van der Waals surface area contributed by atoms with E-state index < -0.39 is 11.6 Å². The highest BCUT2D eigenvalue weighted by molar-refractivity contribution is 8.02. The van der Waals surface area contributed by atoms with E-state index in [0.717, 1.165) is 37.8 Å². The highest BCUT2D eigenvalue weighted by Gasteiger charge is 2.62. The third kappa shape index (κ3) is 6.34. The maximum absolute atomic E-state index is 13.4. The number of rotatable bonds is 5. The van der Waals surface area contributed by atoms with E-state index in [2.05, 4.69) is 33.6 Å². The number of hydrogen-bond donors (Lipinski definition) is 2. The topological polar surface area (TPSA) is 111 Å². The lowest BCUT2D eigenvalue weighted by Crippen LogP contribution is -2.40. The van der Waals surface area contributed by atoms with Crippen LogP contribution in [-0.2, 0) is 0 Å². The van der Waals surface area contributed by atoms with Crippen LogP contribution in [0.4, 0.5) is 19.0 Å². The van der Waals surface area contributed by atoms with Crippen LogP contribution in [0.2, 0.25) is 0 Å². The number of nitrogens with one attached hydrogen (secondary N) is 1. The summed E-state index contributed by atoms with van der Waals surface area (Å²) >= 11 is 1.12. The Kier molecular flexibility index (Phi) is 8.01. The summed E-state index contributed by atoms with van der Waals surface area (Å²) in [5.41, 5.74) is 5.14. The molecule has 0 aromatic carbocycles. The number of nitrogens with two attached hydrogens (primary N) is 1. The summed E-state index contributed by atoms with van der Waals surface area (Å²) in [5, 5.41) is 4.40. The number of ether oxygens (including phenoxy) is 1. The van der Waals surface area contributed by atoms with Crippen LogP contribution in [0.15, 0.2) is 40.0 Å². The molecule has 9 nitrogen and oxygen atoms in total. The number of aromatic nitrogens is 3. The van der Waals surface area contributed by atoms with Gasteiger partial charge < -0.3 is 15.4 Å². The number of hydrogen-bond acceptors (Lipinski definition) is 8. The van der Waals surface area contributed by atoms with Gasteiger partial charge >= 0.3 is 6.18 Å². The Morgan fingerprint density at radius 3 is 2.76 bits per heavy atom. The van der Waals surface area contributed by atoms with Gasteiger partial charge in [0.2, 0.25) is 5.88 Å². The fourth-order valence-corrected chi connectivity index (χ4v) is 6.18. The molecule has 1 amide bonds. The Morgan fingerprint density at radius 1 is 1.27 bits per heavy atom. The summed E-state index contributed by atoms with van der Waals surface area (Å²) in [6.07, 6.45) is 2.24. The van der Waals surface area contributed by atoms with Gasteiger partial charge in [0.25, 0.3) is 5.91 Å². The molecule has 1 saturated carbocycles. The van der Waals surface area contributed by atoms with E-state index >= 15 is 0 Å². The predicted molar refractivity (Wildman–Crippen MR) is 153 cm³/mol. The number of nitrogens with zero attached hydrogens (tertiary/aromatic N) is 5. The molecule has 0 spiro atoms. The summed E-state index contributed by atoms with van der Waals surface area (Å²) in [7, 11) is 0. The Morgan fingerprint density at radius 2 is 2.05 bits per heavy atom. The standard InChI is InChI=1S/C28H36F3N7O2S/c1-18(32)21-16-33-12-4-5-19-15-26(2,3)37(17-19)24-20(25(39)36-41-21)6-7-22(34-24)38-13-8-23(35-38)40-14-11-27(9-10-27)28(29,30)31/h6-8,13,16,19H,4-5,9-12,14-15,17,32H2,1-3H3,(H,36,39)/b21-18+,33-16?. The normalized spacial score (nSPS) is 23.4. The van der Waals surface area contributed by atoms with Crippen LogP contribution in [0.1, 0.15) is 69.7 Å². The summed E-state index contributed by atoms with van der Waals surface area (Å²) < 4.78 is 49.7. The van der Waals surface area contributed by atoms with E-state index in [9.17, 15) is 18.0 Å². The van der Waals surface area contributed by atoms with Gasteiger partial charge in [0.15, 0.2) is 5.82 Å². The second-order valence-corrected chi connectivity index (χ2v) is 12.6. The van der Waals surface area contributed by atoms with Crippen molar-refractivity contribution in [1.82, 2.24) is 19.5 Å². The number of alkyl halides is 3. The Balaban J connectivity index is 1.40. The van der Waals surface area contributed by atoms with E-state index in [-0.39, 0.29) is 43.2 Å². The first-order chi connectivity index (χ1) is 19.4. The second-order valence-electron chi connectivity index (χ2n) is 11.8. The maximum atomic E-state index is 13.4. The Bertz CT molecular complexity index is 1350. The largest absolute Gasteiger partial charge is 0.477 e. The highest BCUT2D eigenvalue weighted by atomic mass is 32.2. The zero-order chi connectivity index (χ0) is 29.4. The minimum Gasteiger partial charge on any atom is -0.477 e. The van der Waals surface area contributed by atoms with Crippen molar-refractivity contribution in [3.05, 3.63) is 40.6 Å². The van der Waals surface area contributed by atoms with Crippen molar-refractivity contribution in [3.8, 4) is 11.7 Å². The molecule has 0 radical (unpaired) electrons. The predicted octanol–water partition coefficient (Wildman–Crippen LogP) is 5.42. The molecule has 4 heterocycles. The lowest BCUT2D eigenvalue weighted by molar-refractivity contribution is -0.190. The van der Waals surface area contributed by atoms with Gasteiger partial charge in [-0.1, -0.05) is 0 Å². The molecule has 3 aliphatic rings. The fourth-order valence-electron chi connectivity index (χ4n) is 5.57. The van der Waals surface area contributed by atoms with Crippen molar-refractivity contribution in [1.29, 1.82) is 0 Å². The number of fused-ring (bicyclic) bond motifs is 4. The first-order valence-electron chi connectivity index (χ1n) is 13.9.